The lowest BCUT2D eigenvalue weighted by molar-refractivity contribution is -0.0670. The molecule has 1 fully saturated rings. The summed E-state index contributed by atoms with van der Waals surface area (Å²) in [4.78, 5) is 4.12. The van der Waals surface area contributed by atoms with Gasteiger partial charge in [-0.15, -0.1) is 0 Å². The lowest BCUT2D eigenvalue weighted by Crippen LogP contribution is -2.51. The highest BCUT2D eigenvalue weighted by molar-refractivity contribution is 5.56. The van der Waals surface area contributed by atoms with Gasteiger partial charge in [-0.3, -0.25) is 0 Å². The highest BCUT2D eigenvalue weighted by atomic mass is 16.3. The Labute approximate surface area is 138 Å². The third-order valence-corrected chi connectivity index (χ3v) is 5.25. The van der Waals surface area contributed by atoms with Crippen molar-refractivity contribution in [1.82, 2.24) is 9.55 Å². The maximum Gasteiger partial charge on any atom is 0.109 e. The van der Waals surface area contributed by atoms with Crippen molar-refractivity contribution in [3.05, 3.63) is 59.7 Å². The van der Waals surface area contributed by atoms with Crippen LogP contribution in [0.3, 0.4) is 0 Å². The summed E-state index contributed by atoms with van der Waals surface area (Å²) in [5, 5.41) is 11.6. The molecule has 1 aliphatic carbocycles. The van der Waals surface area contributed by atoms with E-state index in [0.717, 1.165) is 24.8 Å². The number of aliphatic hydroxyl groups is 1. The van der Waals surface area contributed by atoms with Gasteiger partial charge < -0.3 is 9.67 Å². The van der Waals surface area contributed by atoms with Crippen molar-refractivity contribution in [2.45, 2.75) is 52.2 Å². The molecule has 1 saturated carbocycles. The minimum Gasteiger partial charge on any atom is -0.383 e. The predicted octanol–water partition coefficient (Wildman–Crippen LogP) is 4.22. The van der Waals surface area contributed by atoms with Crippen molar-refractivity contribution in [2.75, 3.05) is 0 Å². The molecule has 1 aromatic carbocycles. The molecule has 1 heterocycles. The largest absolute Gasteiger partial charge is 0.383 e. The van der Waals surface area contributed by atoms with E-state index >= 15 is 0 Å². The van der Waals surface area contributed by atoms with Crippen LogP contribution in [-0.2, 0) is 6.54 Å². The van der Waals surface area contributed by atoms with Gasteiger partial charge in [-0.1, -0.05) is 49.8 Å². The fourth-order valence-corrected chi connectivity index (χ4v) is 3.68. The van der Waals surface area contributed by atoms with Crippen molar-refractivity contribution in [3.8, 4) is 0 Å². The molecule has 1 atom stereocenters. The van der Waals surface area contributed by atoms with Gasteiger partial charge in [-0.25, -0.2) is 4.98 Å². The average molecular weight is 310 g/mol. The molecule has 0 saturated heterocycles. The molecule has 3 nitrogen and oxygen atoms in total. The molecular weight excluding hydrogens is 284 g/mol. The van der Waals surface area contributed by atoms with E-state index in [1.165, 1.54) is 11.1 Å². The van der Waals surface area contributed by atoms with Crippen molar-refractivity contribution in [3.63, 3.8) is 0 Å². The smallest absolute Gasteiger partial charge is 0.109 e. The first-order valence-electron chi connectivity index (χ1n) is 8.37. The molecule has 3 rings (SSSR count). The van der Waals surface area contributed by atoms with E-state index < -0.39 is 5.60 Å². The number of aryl methyl sites for hydroxylation is 1. The predicted molar refractivity (Wildman–Crippen MR) is 94.0 cm³/mol. The van der Waals surface area contributed by atoms with Crippen LogP contribution in [0.1, 0.15) is 44.2 Å². The lowest BCUT2D eigenvalue weighted by Gasteiger charge is -2.48. The molecule has 1 N–H and O–H groups in total. The van der Waals surface area contributed by atoms with E-state index in [1.807, 2.05) is 10.8 Å². The molecule has 3 heteroatoms. The van der Waals surface area contributed by atoms with E-state index in [0.29, 0.717) is 6.54 Å². The van der Waals surface area contributed by atoms with Gasteiger partial charge in [0.2, 0.25) is 0 Å². The second-order valence-corrected chi connectivity index (χ2v) is 7.42. The van der Waals surface area contributed by atoms with Gasteiger partial charge in [-0.05, 0) is 42.7 Å². The Morgan fingerprint density at radius 3 is 2.87 bits per heavy atom. The van der Waals surface area contributed by atoms with E-state index in [-0.39, 0.29) is 5.41 Å². The van der Waals surface area contributed by atoms with E-state index in [4.69, 9.17) is 0 Å². The first kappa shape index (κ1) is 16.0. The van der Waals surface area contributed by atoms with Gasteiger partial charge in [0.1, 0.15) is 5.60 Å². The third kappa shape index (κ3) is 3.11. The molecule has 0 radical (unpaired) electrons. The quantitative estimate of drug-likeness (QED) is 0.922. The van der Waals surface area contributed by atoms with Gasteiger partial charge >= 0.3 is 0 Å². The minimum atomic E-state index is -0.851. The monoisotopic (exact) mass is 310 g/mol. The van der Waals surface area contributed by atoms with Crippen LogP contribution in [0.2, 0.25) is 0 Å². The Balaban J connectivity index is 2.02. The Kier molecular flexibility index (Phi) is 4.15. The second-order valence-electron chi connectivity index (χ2n) is 7.42. The zero-order valence-corrected chi connectivity index (χ0v) is 14.3. The molecule has 1 aromatic heterocycles. The van der Waals surface area contributed by atoms with Crippen LogP contribution in [-0.4, -0.2) is 20.3 Å². The number of rotatable bonds is 3. The highest BCUT2D eigenvalue weighted by Gasteiger charge is 2.48. The summed E-state index contributed by atoms with van der Waals surface area (Å²) in [6.07, 6.45) is 10.8. The number of hydrogen-bond acceptors (Lipinski definition) is 2. The summed E-state index contributed by atoms with van der Waals surface area (Å²) in [6.45, 7) is 7.00. The first-order chi connectivity index (χ1) is 10.9. The van der Waals surface area contributed by atoms with Crippen LogP contribution in [0.15, 0.2) is 48.6 Å². The fourth-order valence-electron chi connectivity index (χ4n) is 3.68. The zero-order chi connectivity index (χ0) is 16.5. The summed E-state index contributed by atoms with van der Waals surface area (Å²) >= 11 is 0. The number of aromatic nitrogens is 2. The van der Waals surface area contributed by atoms with Crippen LogP contribution in [0.5, 0.6) is 0 Å². The summed E-state index contributed by atoms with van der Waals surface area (Å²) < 4.78 is 1.98. The van der Waals surface area contributed by atoms with Crippen LogP contribution < -0.4 is 0 Å². The topological polar surface area (TPSA) is 38.0 Å². The van der Waals surface area contributed by atoms with E-state index in [9.17, 15) is 5.11 Å². The Bertz CT molecular complexity index is 700. The third-order valence-electron chi connectivity index (χ3n) is 5.25. The van der Waals surface area contributed by atoms with Crippen molar-refractivity contribution >= 4 is 6.08 Å². The van der Waals surface area contributed by atoms with Gasteiger partial charge in [0, 0.05) is 12.4 Å². The second kappa shape index (κ2) is 5.97. The first-order valence-corrected chi connectivity index (χ1v) is 8.37. The Morgan fingerprint density at radius 2 is 2.17 bits per heavy atom. The standard InChI is InChI=1S/C20H26N2O/c1-16-6-4-7-17(12-16)13-18-8-5-9-19(2,3)20(18,23)14-22-11-10-21-15-22/h4,6-7,10-13,15,23H,5,8-9,14H2,1-3H3/b18-13+. The molecule has 0 amide bonds. The molecule has 1 aliphatic rings. The molecule has 0 aliphatic heterocycles. The molecular formula is C20H26N2O. The van der Waals surface area contributed by atoms with Crippen LogP contribution in [0.25, 0.3) is 6.08 Å². The van der Waals surface area contributed by atoms with Gasteiger partial charge in [0.05, 0.1) is 12.9 Å². The number of nitrogens with zero attached hydrogens (tertiary/aromatic N) is 2. The summed E-state index contributed by atoms with van der Waals surface area (Å²) in [5.74, 6) is 0. The van der Waals surface area contributed by atoms with Gasteiger partial charge in [0.15, 0.2) is 0 Å². The van der Waals surface area contributed by atoms with Gasteiger partial charge in [-0.2, -0.15) is 0 Å². The molecule has 122 valence electrons. The van der Waals surface area contributed by atoms with Crippen LogP contribution in [0, 0.1) is 12.3 Å². The molecule has 2 aromatic rings. The van der Waals surface area contributed by atoms with Crippen LogP contribution in [0.4, 0.5) is 0 Å². The summed E-state index contributed by atoms with van der Waals surface area (Å²) in [5.41, 5.74) is 2.53. The number of benzene rings is 1. The van der Waals surface area contributed by atoms with Crippen LogP contribution >= 0.6 is 0 Å². The summed E-state index contributed by atoms with van der Waals surface area (Å²) in [7, 11) is 0. The minimum absolute atomic E-state index is 0.162. The van der Waals surface area contributed by atoms with Crippen molar-refractivity contribution in [2.24, 2.45) is 5.41 Å². The Morgan fingerprint density at radius 1 is 1.35 bits per heavy atom. The molecule has 0 spiro atoms. The normalized spacial score (nSPS) is 25.7. The molecule has 23 heavy (non-hydrogen) atoms. The van der Waals surface area contributed by atoms with E-state index in [2.05, 4.69) is 56.1 Å². The molecule has 1 unspecified atom stereocenters. The number of imidazole rings is 1. The highest BCUT2D eigenvalue weighted by Crippen LogP contribution is 2.48. The summed E-state index contributed by atoms with van der Waals surface area (Å²) in [6, 6.07) is 8.46. The van der Waals surface area contributed by atoms with Gasteiger partial charge in [0.25, 0.3) is 0 Å². The molecule has 0 bridgehead atoms. The van der Waals surface area contributed by atoms with E-state index in [1.54, 1.807) is 12.5 Å². The fraction of sp³-hybridized carbons (Fsp3) is 0.450. The zero-order valence-electron chi connectivity index (χ0n) is 14.3. The van der Waals surface area contributed by atoms with Crippen molar-refractivity contribution in [1.29, 1.82) is 0 Å². The lowest BCUT2D eigenvalue weighted by atomic mass is 9.62. The Hall–Kier alpha value is -1.87. The van der Waals surface area contributed by atoms with Crippen molar-refractivity contribution < 1.29 is 5.11 Å². The SMILES string of the molecule is Cc1cccc(/C=C2\CCCC(C)(C)C2(O)Cn2ccnc2)c1. The maximum absolute atomic E-state index is 11.6. The number of hydrogen-bond donors (Lipinski definition) is 1. The maximum atomic E-state index is 11.6. The average Bonchev–Trinajstić information content (AvgIpc) is 2.97.